The van der Waals surface area contributed by atoms with E-state index in [0.717, 1.165) is 5.56 Å². The fourth-order valence-electron chi connectivity index (χ4n) is 2.47. The summed E-state index contributed by atoms with van der Waals surface area (Å²) in [6.45, 7) is 1.85. The summed E-state index contributed by atoms with van der Waals surface area (Å²) in [6.07, 6.45) is 2.89. The molecule has 0 bridgehead atoms. The van der Waals surface area contributed by atoms with Crippen molar-refractivity contribution in [3.05, 3.63) is 59.4 Å². The molecule has 1 unspecified atom stereocenters. The molecule has 2 aromatic carbocycles. The predicted molar refractivity (Wildman–Crippen MR) is 98.1 cm³/mol. The van der Waals surface area contributed by atoms with Gasteiger partial charge in [0.15, 0.2) is 11.6 Å². The fourth-order valence-corrected chi connectivity index (χ4v) is 2.47. The van der Waals surface area contributed by atoms with Gasteiger partial charge in [-0.2, -0.15) is 0 Å². The van der Waals surface area contributed by atoms with Crippen molar-refractivity contribution in [1.29, 1.82) is 0 Å². The maximum Gasteiger partial charge on any atom is 0.244 e. The molecule has 0 radical (unpaired) electrons. The quantitative estimate of drug-likeness (QED) is 0.765. The van der Waals surface area contributed by atoms with Crippen LogP contribution in [0.5, 0.6) is 17.2 Å². The predicted octanol–water partition coefficient (Wildman–Crippen LogP) is 3.74. The number of benzene rings is 2. The van der Waals surface area contributed by atoms with Crippen molar-refractivity contribution in [2.24, 2.45) is 0 Å². The highest BCUT2D eigenvalue weighted by atomic mass is 19.1. The Balaban J connectivity index is 2.06. The van der Waals surface area contributed by atoms with E-state index in [1.807, 2.05) is 13.0 Å². The van der Waals surface area contributed by atoms with E-state index < -0.39 is 5.82 Å². The van der Waals surface area contributed by atoms with Crippen LogP contribution in [0.2, 0.25) is 0 Å². The Morgan fingerprint density at radius 2 is 1.77 bits per heavy atom. The molecule has 0 heterocycles. The molecular formula is C20H22FNO4. The lowest BCUT2D eigenvalue weighted by molar-refractivity contribution is -0.117. The van der Waals surface area contributed by atoms with Crippen molar-refractivity contribution < 1.29 is 23.4 Å². The van der Waals surface area contributed by atoms with Gasteiger partial charge in [-0.3, -0.25) is 4.79 Å². The van der Waals surface area contributed by atoms with Gasteiger partial charge in [-0.05, 0) is 42.8 Å². The van der Waals surface area contributed by atoms with Crippen molar-refractivity contribution in [2.75, 3.05) is 21.3 Å². The Hall–Kier alpha value is -3.02. The van der Waals surface area contributed by atoms with Crippen LogP contribution in [-0.4, -0.2) is 27.2 Å². The minimum Gasteiger partial charge on any atom is -0.497 e. The van der Waals surface area contributed by atoms with Crippen molar-refractivity contribution in [3.63, 3.8) is 0 Å². The van der Waals surface area contributed by atoms with Crippen LogP contribution in [0.1, 0.15) is 24.1 Å². The number of rotatable bonds is 7. The second kappa shape index (κ2) is 8.89. The minimum atomic E-state index is -0.480. The second-order valence-corrected chi connectivity index (χ2v) is 5.57. The average Bonchev–Trinajstić information content (AvgIpc) is 2.65. The van der Waals surface area contributed by atoms with E-state index in [-0.39, 0.29) is 17.7 Å². The summed E-state index contributed by atoms with van der Waals surface area (Å²) in [5.41, 5.74) is 1.39. The Morgan fingerprint density at radius 1 is 1.04 bits per heavy atom. The molecule has 1 atom stereocenters. The lowest BCUT2D eigenvalue weighted by atomic mass is 10.1. The van der Waals surface area contributed by atoms with Crippen molar-refractivity contribution >= 4 is 12.0 Å². The van der Waals surface area contributed by atoms with E-state index in [2.05, 4.69) is 5.32 Å². The van der Waals surface area contributed by atoms with Crippen molar-refractivity contribution in [1.82, 2.24) is 5.32 Å². The van der Waals surface area contributed by atoms with E-state index in [1.54, 1.807) is 32.4 Å². The largest absolute Gasteiger partial charge is 0.497 e. The lowest BCUT2D eigenvalue weighted by Crippen LogP contribution is -2.25. The molecule has 1 N–H and O–H groups in total. The summed E-state index contributed by atoms with van der Waals surface area (Å²) in [4.78, 5) is 12.1. The second-order valence-electron chi connectivity index (χ2n) is 5.57. The molecule has 26 heavy (non-hydrogen) atoms. The van der Waals surface area contributed by atoms with Crippen molar-refractivity contribution in [3.8, 4) is 17.2 Å². The zero-order valence-corrected chi connectivity index (χ0v) is 15.2. The van der Waals surface area contributed by atoms with Gasteiger partial charge in [-0.15, -0.1) is 0 Å². The molecule has 1 amide bonds. The summed E-state index contributed by atoms with van der Waals surface area (Å²) in [5.74, 6) is 0.675. The van der Waals surface area contributed by atoms with E-state index in [0.29, 0.717) is 17.1 Å². The zero-order chi connectivity index (χ0) is 19.1. The zero-order valence-electron chi connectivity index (χ0n) is 15.2. The first-order valence-electron chi connectivity index (χ1n) is 8.02. The third kappa shape index (κ3) is 4.75. The molecule has 0 saturated heterocycles. The SMILES string of the molecule is COc1ccc(C(C)NC(=O)C=Cc2ccc(OC)c(F)c2)c(OC)c1. The maximum absolute atomic E-state index is 13.7. The normalized spacial score (nSPS) is 11.9. The molecule has 0 aliphatic heterocycles. The number of carbonyl (C=O) groups is 1. The first-order valence-corrected chi connectivity index (χ1v) is 8.02. The first kappa shape index (κ1) is 19.3. The number of nitrogens with one attached hydrogen (secondary N) is 1. The van der Waals surface area contributed by atoms with Gasteiger partial charge in [0.05, 0.1) is 27.4 Å². The summed E-state index contributed by atoms with van der Waals surface area (Å²) in [7, 11) is 4.54. The van der Waals surface area contributed by atoms with Gasteiger partial charge in [-0.25, -0.2) is 4.39 Å². The fraction of sp³-hybridized carbons (Fsp3) is 0.250. The van der Waals surface area contributed by atoms with Crippen LogP contribution in [0, 0.1) is 5.82 Å². The van der Waals surface area contributed by atoms with E-state index in [4.69, 9.17) is 14.2 Å². The highest BCUT2D eigenvalue weighted by Crippen LogP contribution is 2.29. The number of ether oxygens (including phenoxy) is 3. The molecule has 0 spiro atoms. The lowest BCUT2D eigenvalue weighted by Gasteiger charge is -2.17. The van der Waals surface area contributed by atoms with Gasteiger partial charge in [0, 0.05) is 17.7 Å². The van der Waals surface area contributed by atoms with Crippen LogP contribution in [0.15, 0.2) is 42.5 Å². The van der Waals surface area contributed by atoms with Gasteiger partial charge in [0.25, 0.3) is 0 Å². The van der Waals surface area contributed by atoms with Crippen LogP contribution in [0.4, 0.5) is 4.39 Å². The van der Waals surface area contributed by atoms with E-state index >= 15 is 0 Å². The summed E-state index contributed by atoms with van der Waals surface area (Å²) in [5, 5.41) is 2.85. The molecular weight excluding hydrogens is 337 g/mol. The minimum absolute atomic E-state index is 0.159. The Bertz CT molecular complexity index is 804. The molecule has 0 aliphatic carbocycles. The van der Waals surface area contributed by atoms with E-state index in [9.17, 15) is 9.18 Å². The van der Waals surface area contributed by atoms with Gasteiger partial charge < -0.3 is 19.5 Å². The summed E-state index contributed by atoms with van der Waals surface area (Å²) < 4.78 is 29.1. The van der Waals surface area contributed by atoms with Gasteiger partial charge in [-0.1, -0.05) is 6.07 Å². The molecule has 0 aliphatic rings. The van der Waals surface area contributed by atoms with Crippen LogP contribution in [-0.2, 0) is 4.79 Å². The van der Waals surface area contributed by atoms with Gasteiger partial charge in [0.1, 0.15) is 11.5 Å². The standard InChI is InChI=1S/C20H22FNO4/c1-13(16-8-7-15(24-2)12-19(16)26-4)22-20(23)10-6-14-5-9-18(25-3)17(21)11-14/h5-13H,1-4H3,(H,22,23). The van der Waals surface area contributed by atoms with Crippen LogP contribution in [0.25, 0.3) is 6.08 Å². The Labute approximate surface area is 152 Å². The number of hydrogen-bond acceptors (Lipinski definition) is 4. The van der Waals surface area contributed by atoms with Gasteiger partial charge in [0.2, 0.25) is 5.91 Å². The highest BCUT2D eigenvalue weighted by Gasteiger charge is 2.14. The topological polar surface area (TPSA) is 56.8 Å². The molecule has 5 nitrogen and oxygen atoms in total. The monoisotopic (exact) mass is 359 g/mol. The molecule has 0 aromatic heterocycles. The van der Waals surface area contributed by atoms with Gasteiger partial charge >= 0.3 is 0 Å². The van der Waals surface area contributed by atoms with Crippen LogP contribution >= 0.6 is 0 Å². The summed E-state index contributed by atoms with van der Waals surface area (Å²) >= 11 is 0. The number of carbonyl (C=O) groups excluding carboxylic acids is 1. The molecule has 0 saturated carbocycles. The number of halogens is 1. The maximum atomic E-state index is 13.7. The number of amides is 1. The Kier molecular flexibility index (Phi) is 6.60. The Morgan fingerprint density at radius 3 is 2.38 bits per heavy atom. The van der Waals surface area contributed by atoms with Crippen molar-refractivity contribution in [2.45, 2.75) is 13.0 Å². The average molecular weight is 359 g/mol. The molecule has 0 fully saturated rings. The smallest absolute Gasteiger partial charge is 0.244 e. The molecule has 138 valence electrons. The molecule has 2 rings (SSSR count). The summed E-state index contributed by atoms with van der Waals surface area (Å²) in [6, 6.07) is 9.61. The number of hydrogen-bond donors (Lipinski definition) is 1. The molecule has 6 heteroatoms. The number of methoxy groups -OCH3 is 3. The first-order chi connectivity index (χ1) is 12.5. The molecule has 2 aromatic rings. The highest BCUT2D eigenvalue weighted by molar-refractivity contribution is 5.92. The third-order valence-electron chi connectivity index (χ3n) is 3.87. The third-order valence-corrected chi connectivity index (χ3v) is 3.87. The van der Waals surface area contributed by atoms with Crippen LogP contribution in [0.3, 0.4) is 0 Å². The van der Waals surface area contributed by atoms with E-state index in [1.165, 1.54) is 31.4 Å². The van der Waals surface area contributed by atoms with Crippen LogP contribution < -0.4 is 19.5 Å².